The molecule has 0 unspecified atom stereocenters. The molecule has 0 amide bonds. The van der Waals surface area contributed by atoms with Crippen LogP contribution >= 0.6 is 11.3 Å². The Kier molecular flexibility index (Phi) is 2.50. The summed E-state index contributed by atoms with van der Waals surface area (Å²) < 4.78 is 0. The Bertz CT molecular complexity index is 500. The third-order valence-electron chi connectivity index (χ3n) is 2.94. The molecule has 2 N–H and O–H groups in total. The summed E-state index contributed by atoms with van der Waals surface area (Å²) in [5.74, 6) is 0.800. The third-order valence-corrected chi connectivity index (χ3v) is 4.01. The Morgan fingerprint density at radius 3 is 2.94 bits per heavy atom. The van der Waals surface area contributed by atoms with Crippen LogP contribution < -0.4 is 5.73 Å². The van der Waals surface area contributed by atoms with Gasteiger partial charge >= 0.3 is 0 Å². The molecule has 1 aliphatic rings. The van der Waals surface area contributed by atoms with Crippen molar-refractivity contribution in [2.24, 2.45) is 5.73 Å². The Balaban J connectivity index is 1.95. The molecule has 2 aromatic rings. The van der Waals surface area contributed by atoms with E-state index in [1.807, 2.05) is 6.20 Å². The fourth-order valence-corrected chi connectivity index (χ4v) is 2.66. The molecular formula is C13H14N2S. The minimum absolute atomic E-state index is 0.583. The van der Waals surface area contributed by atoms with Gasteiger partial charge in [-0.3, -0.25) is 0 Å². The second kappa shape index (κ2) is 4.00. The number of hydrogen-bond acceptors (Lipinski definition) is 3. The fourth-order valence-electron chi connectivity index (χ4n) is 1.88. The molecule has 3 rings (SSSR count). The van der Waals surface area contributed by atoms with Gasteiger partial charge in [0.25, 0.3) is 0 Å². The highest BCUT2D eigenvalue weighted by atomic mass is 32.1. The fraction of sp³-hybridized carbons (Fsp3) is 0.308. The lowest BCUT2D eigenvalue weighted by atomic mass is 10.1. The van der Waals surface area contributed by atoms with Crippen LogP contribution in [-0.4, -0.2) is 4.98 Å². The topological polar surface area (TPSA) is 38.9 Å². The van der Waals surface area contributed by atoms with Crippen LogP contribution in [0.25, 0.3) is 10.6 Å². The van der Waals surface area contributed by atoms with E-state index in [1.54, 1.807) is 11.3 Å². The zero-order valence-electron chi connectivity index (χ0n) is 9.02. The molecule has 0 spiro atoms. The number of thiazole rings is 1. The third kappa shape index (κ3) is 1.88. The number of benzene rings is 1. The molecule has 1 aromatic carbocycles. The highest BCUT2D eigenvalue weighted by Crippen LogP contribution is 2.41. The van der Waals surface area contributed by atoms with Gasteiger partial charge in [0.1, 0.15) is 5.01 Å². The Hall–Kier alpha value is -1.19. The maximum absolute atomic E-state index is 5.60. The minimum atomic E-state index is 0.583. The van der Waals surface area contributed by atoms with Gasteiger partial charge in [-0.1, -0.05) is 18.2 Å². The van der Waals surface area contributed by atoms with Gasteiger partial charge in [0.15, 0.2) is 0 Å². The Labute approximate surface area is 99.1 Å². The van der Waals surface area contributed by atoms with E-state index in [4.69, 9.17) is 5.73 Å². The van der Waals surface area contributed by atoms with E-state index in [1.165, 1.54) is 24.0 Å². The van der Waals surface area contributed by atoms with Gasteiger partial charge in [-0.25, -0.2) is 4.98 Å². The van der Waals surface area contributed by atoms with Gasteiger partial charge in [-0.15, -0.1) is 11.3 Å². The van der Waals surface area contributed by atoms with Crippen LogP contribution in [0.1, 0.15) is 29.2 Å². The maximum Gasteiger partial charge on any atom is 0.123 e. The summed E-state index contributed by atoms with van der Waals surface area (Å²) in [5, 5.41) is 1.09. The minimum Gasteiger partial charge on any atom is -0.326 e. The number of rotatable bonds is 3. The van der Waals surface area contributed by atoms with Crippen LogP contribution in [0.2, 0.25) is 0 Å². The monoisotopic (exact) mass is 230 g/mol. The largest absolute Gasteiger partial charge is 0.326 e. The predicted octanol–water partition coefficient (Wildman–Crippen LogP) is 3.15. The quantitative estimate of drug-likeness (QED) is 0.879. The number of nitrogens with zero attached hydrogens (tertiary/aromatic N) is 1. The maximum atomic E-state index is 5.60. The summed E-state index contributed by atoms with van der Waals surface area (Å²) in [7, 11) is 0. The van der Waals surface area contributed by atoms with Gasteiger partial charge in [-0.05, 0) is 30.4 Å². The van der Waals surface area contributed by atoms with Crippen molar-refractivity contribution in [3.63, 3.8) is 0 Å². The highest BCUT2D eigenvalue weighted by Gasteiger charge is 2.23. The van der Waals surface area contributed by atoms with Crippen LogP contribution in [0.15, 0.2) is 30.5 Å². The van der Waals surface area contributed by atoms with Crippen LogP contribution in [0.3, 0.4) is 0 Å². The second-order valence-corrected chi connectivity index (χ2v) is 5.35. The lowest BCUT2D eigenvalue weighted by Crippen LogP contribution is -1.91. The van der Waals surface area contributed by atoms with Crippen molar-refractivity contribution in [3.05, 3.63) is 40.9 Å². The summed E-state index contributed by atoms with van der Waals surface area (Å²) in [6, 6.07) is 8.76. The smallest absolute Gasteiger partial charge is 0.123 e. The molecule has 1 aliphatic carbocycles. The molecule has 1 saturated carbocycles. The van der Waals surface area contributed by atoms with Crippen LogP contribution in [0, 0.1) is 0 Å². The van der Waals surface area contributed by atoms with Crippen molar-refractivity contribution in [2.45, 2.75) is 25.3 Å². The normalized spacial score (nSPS) is 15.3. The summed E-state index contributed by atoms with van der Waals surface area (Å²) in [4.78, 5) is 5.56. The van der Waals surface area contributed by atoms with E-state index >= 15 is 0 Å². The van der Waals surface area contributed by atoms with Gasteiger partial charge in [0.2, 0.25) is 0 Å². The highest BCUT2D eigenvalue weighted by molar-refractivity contribution is 7.15. The van der Waals surface area contributed by atoms with Crippen molar-refractivity contribution in [1.82, 2.24) is 4.98 Å². The van der Waals surface area contributed by atoms with Crippen LogP contribution in [0.4, 0.5) is 0 Å². The molecular weight excluding hydrogens is 216 g/mol. The van der Waals surface area contributed by atoms with Crippen LogP contribution in [-0.2, 0) is 6.54 Å². The van der Waals surface area contributed by atoms with E-state index in [9.17, 15) is 0 Å². The zero-order valence-corrected chi connectivity index (χ0v) is 9.83. The lowest BCUT2D eigenvalue weighted by Gasteiger charge is -2.00. The van der Waals surface area contributed by atoms with E-state index in [-0.39, 0.29) is 0 Å². The standard InChI is InChI=1S/C13H14N2S/c14-7-12-8-15-13(16-12)11-3-1-2-10(6-11)9-4-5-9/h1-3,6,8-9H,4-5,7,14H2. The molecule has 1 heterocycles. The number of hydrogen-bond donors (Lipinski definition) is 1. The molecule has 0 atom stereocenters. The predicted molar refractivity (Wildman–Crippen MR) is 67.4 cm³/mol. The summed E-state index contributed by atoms with van der Waals surface area (Å²) >= 11 is 1.69. The summed E-state index contributed by atoms with van der Waals surface area (Å²) in [5.41, 5.74) is 8.29. The molecule has 2 nitrogen and oxygen atoms in total. The molecule has 0 aliphatic heterocycles. The second-order valence-electron chi connectivity index (χ2n) is 4.24. The first kappa shape index (κ1) is 10.00. The first-order valence-electron chi connectivity index (χ1n) is 5.62. The first-order chi connectivity index (χ1) is 7.86. The van der Waals surface area contributed by atoms with E-state index in [0.29, 0.717) is 6.54 Å². The molecule has 82 valence electrons. The van der Waals surface area contributed by atoms with Gasteiger partial charge in [0.05, 0.1) is 0 Å². The summed E-state index contributed by atoms with van der Waals surface area (Å²) in [6.07, 6.45) is 4.56. The molecule has 0 saturated heterocycles. The van der Waals surface area contributed by atoms with Crippen molar-refractivity contribution in [1.29, 1.82) is 0 Å². The van der Waals surface area contributed by atoms with E-state index in [0.717, 1.165) is 15.8 Å². The van der Waals surface area contributed by atoms with Crippen LogP contribution in [0.5, 0.6) is 0 Å². The summed E-state index contributed by atoms with van der Waals surface area (Å²) in [6.45, 7) is 0.583. The Morgan fingerprint density at radius 2 is 2.25 bits per heavy atom. The molecule has 0 radical (unpaired) electrons. The molecule has 1 aromatic heterocycles. The molecule has 0 bridgehead atoms. The van der Waals surface area contributed by atoms with Crippen molar-refractivity contribution >= 4 is 11.3 Å². The first-order valence-corrected chi connectivity index (χ1v) is 6.43. The average Bonchev–Trinajstić information content (AvgIpc) is 3.07. The molecule has 3 heteroatoms. The average molecular weight is 230 g/mol. The number of nitrogens with two attached hydrogens (primary N) is 1. The SMILES string of the molecule is NCc1cnc(-c2cccc(C3CC3)c2)s1. The molecule has 16 heavy (non-hydrogen) atoms. The lowest BCUT2D eigenvalue weighted by molar-refractivity contribution is 1.10. The number of aromatic nitrogens is 1. The molecule has 1 fully saturated rings. The van der Waals surface area contributed by atoms with Crippen molar-refractivity contribution in [3.8, 4) is 10.6 Å². The van der Waals surface area contributed by atoms with Crippen molar-refractivity contribution < 1.29 is 0 Å². The van der Waals surface area contributed by atoms with E-state index in [2.05, 4.69) is 29.2 Å². The van der Waals surface area contributed by atoms with Gasteiger partial charge in [-0.2, -0.15) is 0 Å². The van der Waals surface area contributed by atoms with Gasteiger partial charge < -0.3 is 5.73 Å². The van der Waals surface area contributed by atoms with E-state index < -0.39 is 0 Å². The van der Waals surface area contributed by atoms with Crippen molar-refractivity contribution in [2.75, 3.05) is 0 Å². The Morgan fingerprint density at radius 1 is 1.38 bits per heavy atom. The zero-order chi connectivity index (χ0) is 11.0. The van der Waals surface area contributed by atoms with Gasteiger partial charge in [0, 0.05) is 23.2 Å².